The van der Waals surface area contributed by atoms with Gasteiger partial charge in [0, 0.05) is 37.3 Å². The SMILES string of the molecule is O=C(N[C@@H]1C[C@H]1c1cccc(F)c1)N1CC[C@@H](Oc2ccncc2)C1. The third kappa shape index (κ3) is 3.73. The first kappa shape index (κ1) is 15.9. The molecule has 1 aliphatic heterocycles. The molecule has 1 saturated heterocycles. The van der Waals surface area contributed by atoms with E-state index in [4.69, 9.17) is 4.74 Å². The fraction of sp³-hybridized carbons (Fsp3) is 0.368. The van der Waals surface area contributed by atoms with E-state index in [1.54, 1.807) is 29.4 Å². The number of likely N-dealkylation sites (tertiary alicyclic amines) is 1. The van der Waals surface area contributed by atoms with Crippen LogP contribution in [0.3, 0.4) is 0 Å². The maximum absolute atomic E-state index is 13.3. The van der Waals surface area contributed by atoms with Crippen molar-refractivity contribution in [1.82, 2.24) is 15.2 Å². The van der Waals surface area contributed by atoms with Crippen molar-refractivity contribution < 1.29 is 13.9 Å². The fourth-order valence-electron chi connectivity index (χ4n) is 3.33. The molecule has 2 aliphatic rings. The number of nitrogens with zero attached hydrogens (tertiary/aromatic N) is 2. The number of ether oxygens (including phenoxy) is 1. The van der Waals surface area contributed by atoms with Gasteiger partial charge in [-0.1, -0.05) is 12.1 Å². The zero-order valence-corrected chi connectivity index (χ0v) is 13.8. The summed E-state index contributed by atoms with van der Waals surface area (Å²) < 4.78 is 19.2. The number of pyridine rings is 1. The number of hydrogen-bond acceptors (Lipinski definition) is 3. The number of benzene rings is 1. The molecule has 1 N–H and O–H groups in total. The van der Waals surface area contributed by atoms with Gasteiger partial charge < -0.3 is 15.0 Å². The largest absolute Gasteiger partial charge is 0.488 e. The van der Waals surface area contributed by atoms with E-state index in [2.05, 4.69) is 10.3 Å². The molecule has 1 saturated carbocycles. The Kier molecular flexibility index (Phi) is 4.26. The smallest absolute Gasteiger partial charge is 0.317 e. The summed E-state index contributed by atoms with van der Waals surface area (Å²) >= 11 is 0. The lowest BCUT2D eigenvalue weighted by Crippen LogP contribution is -2.40. The Morgan fingerprint density at radius 1 is 1.28 bits per heavy atom. The summed E-state index contributed by atoms with van der Waals surface area (Å²) in [5, 5.41) is 3.05. The highest BCUT2D eigenvalue weighted by Crippen LogP contribution is 2.41. The first-order chi connectivity index (χ1) is 12.2. The number of hydrogen-bond donors (Lipinski definition) is 1. The molecule has 5 nitrogen and oxygen atoms in total. The molecule has 4 rings (SSSR count). The molecule has 1 aromatic heterocycles. The molecule has 25 heavy (non-hydrogen) atoms. The summed E-state index contributed by atoms with van der Waals surface area (Å²) in [5.41, 5.74) is 0.950. The van der Waals surface area contributed by atoms with Crippen LogP contribution in [0.1, 0.15) is 24.3 Å². The number of rotatable bonds is 4. The molecular weight excluding hydrogens is 321 g/mol. The predicted molar refractivity (Wildman–Crippen MR) is 90.9 cm³/mol. The normalized spacial score (nSPS) is 24.8. The zero-order valence-electron chi connectivity index (χ0n) is 13.8. The lowest BCUT2D eigenvalue weighted by molar-refractivity contribution is 0.186. The van der Waals surface area contributed by atoms with Crippen LogP contribution in [-0.2, 0) is 0 Å². The Morgan fingerprint density at radius 2 is 2.12 bits per heavy atom. The van der Waals surface area contributed by atoms with Crippen LogP contribution in [-0.4, -0.2) is 41.2 Å². The molecule has 130 valence electrons. The number of carbonyl (C=O) groups is 1. The van der Waals surface area contributed by atoms with Crippen molar-refractivity contribution in [2.45, 2.75) is 30.9 Å². The average molecular weight is 341 g/mol. The van der Waals surface area contributed by atoms with E-state index in [0.717, 1.165) is 24.2 Å². The second kappa shape index (κ2) is 6.70. The summed E-state index contributed by atoms with van der Waals surface area (Å²) in [5.74, 6) is 0.756. The Hall–Kier alpha value is -2.63. The minimum atomic E-state index is -0.231. The van der Waals surface area contributed by atoms with Gasteiger partial charge in [0.15, 0.2) is 0 Å². The van der Waals surface area contributed by atoms with Gasteiger partial charge in [-0.3, -0.25) is 4.98 Å². The van der Waals surface area contributed by atoms with Crippen LogP contribution in [0.25, 0.3) is 0 Å². The molecule has 3 atom stereocenters. The van der Waals surface area contributed by atoms with E-state index in [9.17, 15) is 9.18 Å². The molecular formula is C19H20FN3O2. The van der Waals surface area contributed by atoms with Crippen molar-refractivity contribution in [2.24, 2.45) is 0 Å². The second-order valence-corrected chi connectivity index (χ2v) is 6.61. The summed E-state index contributed by atoms with van der Waals surface area (Å²) in [6.07, 6.45) is 5.06. The summed E-state index contributed by atoms with van der Waals surface area (Å²) in [4.78, 5) is 18.2. The van der Waals surface area contributed by atoms with Gasteiger partial charge >= 0.3 is 6.03 Å². The van der Waals surface area contributed by atoms with Gasteiger partial charge in [-0.15, -0.1) is 0 Å². The minimum Gasteiger partial charge on any atom is -0.488 e. The molecule has 2 aromatic rings. The van der Waals surface area contributed by atoms with Crippen LogP contribution in [0.4, 0.5) is 9.18 Å². The first-order valence-electron chi connectivity index (χ1n) is 8.56. The van der Waals surface area contributed by atoms with Crippen molar-refractivity contribution in [1.29, 1.82) is 0 Å². The Morgan fingerprint density at radius 3 is 2.92 bits per heavy atom. The van der Waals surface area contributed by atoms with Crippen LogP contribution >= 0.6 is 0 Å². The monoisotopic (exact) mass is 341 g/mol. The van der Waals surface area contributed by atoms with Crippen molar-refractivity contribution in [3.8, 4) is 5.75 Å². The van der Waals surface area contributed by atoms with E-state index in [1.165, 1.54) is 6.07 Å². The van der Waals surface area contributed by atoms with Crippen molar-refractivity contribution >= 4 is 6.03 Å². The lowest BCUT2D eigenvalue weighted by Gasteiger charge is -2.18. The molecule has 0 radical (unpaired) electrons. The molecule has 0 spiro atoms. The van der Waals surface area contributed by atoms with Crippen molar-refractivity contribution in [3.63, 3.8) is 0 Å². The topological polar surface area (TPSA) is 54.5 Å². The zero-order chi connectivity index (χ0) is 17.2. The van der Waals surface area contributed by atoms with E-state index in [0.29, 0.717) is 13.1 Å². The maximum Gasteiger partial charge on any atom is 0.317 e. The Bertz CT molecular complexity index is 755. The van der Waals surface area contributed by atoms with Gasteiger partial charge in [0.1, 0.15) is 17.7 Å². The van der Waals surface area contributed by atoms with Gasteiger partial charge in [-0.2, -0.15) is 0 Å². The molecule has 0 bridgehead atoms. The number of aromatic nitrogens is 1. The highest BCUT2D eigenvalue weighted by Gasteiger charge is 2.41. The van der Waals surface area contributed by atoms with Crippen LogP contribution in [0.5, 0.6) is 5.75 Å². The van der Waals surface area contributed by atoms with Gasteiger partial charge in [0.25, 0.3) is 0 Å². The Balaban J connectivity index is 1.27. The summed E-state index contributed by atoms with van der Waals surface area (Å²) in [6.45, 7) is 1.25. The third-order valence-electron chi connectivity index (χ3n) is 4.76. The van der Waals surface area contributed by atoms with Gasteiger partial charge in [-0.25, -0.2) is 9.18 Å². The molecule has 0 unspecified atom stereocenters. The lowest BCUT2D eigenvalue weighted by atomic mass is 10.1. The van der Waals surface area contributed by atoms with Crippen LogP contribution in [0.2, 0.25) is 0 Å². The van der Waals surface area contributed by atoms with Gasteiger partial charge in [-0.05, 0) is 36.2 Å². The molecule has 1 aliphatic carbocycles. The van der Waals surface area contributed by atoms with E-state index < -0.39 is 0 Å². The molecule has 2 fully saturated rings. The van der Waals surface area contributed by atoms with Crippen molar-refractivity contribution in [3.05, 3.63) is 60.2 Å². The predicted octanol–water partition coefficient (Wildman–Crippen LogP) is 2.94. The van der Waals surface area contributed by atoms with Crippen LogP contribution < -0.4 is 10.1 Å². The van der Waals surface area contributed by atoms with Crippen molar-refractivity contribution in [2.75, 3.05) is 13.1 Å². The summed E-state index contributed by atoms with van der Waals surface area (Å²) in [6, 6.07) is 10.3. The summed E-state index contributed by atoms with van der Waals surface area (Å²) in [7, 11) is 0. The average Bonchev–Trinajstić information content (AvgIpc) is 3.22. The number of nitrogens with one attached hydrogen (secondary N) is 1. The van der Waals surface area contributed by atoms with E-state index >= 15 is 0 Å². The third-order valence-corrected chi connectivity index (χ3v) is 4.76. The van der Waals surface area contributed by atoms with Crippen LogP contribution in [0.15, 0.2) is 48.8 Å². The van der Waals surface area contributed by atoms with Gasteiger partial charge in [0.05, 0.1) is 6.54 Å². The van der Waals surface area contributed by atoms with E-state index in [-0.39, 0.29) is 29.9 Å². The quantitative estimate of drug-likeness (QED) is 0.930. The van der Waals surface area contributed by atoms with Gasteiger partial charge in [0.2, 0.25) is 0 Å². The number of amides is 2. The van der Waals surface area contributed by atoms with Crippen LogP contribution in [0, 0.1) is 5.82 Å². The minimum absolute atomic E-state index is 0.00590. The molecule has 2 heterocycles. The standard InChI is InChI=1S/C19H20FN3O2/c20-14-3-1-2-13(10-14)17-11-18(17)22-19(24)23-9-6-16(12-23)25-15-4-7-21-8-5-15/h1-5,7-8,10,16-18H,6,9,11-12H2,(H,22,24)/t16-,17+,18-/m1/s1. The second-order valence-electron chi connectivity index (χ2n) is 6.61. The maximum atomic E-state index is 13.3. The number of carbonyl (C=O) groups excluding carboxylic acids is 1. The highest BCUT2D eigenvalue weighted by molar-refractivity contribution is 5.75. The molecule has 6 heteroatoms. The fourth-order valence-corrected chi connectivity index (χ4v) is 3.33. The molecule has 2 amide bonds. The molecule has 1 aromatic carbocycles. The highest BCUT2D eigenvalue weighted by atomic mass is 19.1. The number of halogens is 1. The Labute approximate surface area is 145 Å². The first-order valence-corrected chi connectivity index (χ1v) is 8.56. The van der Waals surface area contributed by atoms with E-state index in [1.807, 2.05) is 18.2 Å². The number of urea groups is 1.